The van der Waals surface area contributed by atoms with Gasteiger partial charge in [0.1, 0.15) is 0 Å². The maximum atomic E-state index is 11.1. The number of aliphatic imine (C=N–C) groups is 1. The van der Waals surface area contributed by atoms with Gasteiger partial charge in [0.15, 0.2) is 5.96 Å². The van der Waals surface area contributed by atoms with Crippen molar-refractivity contribution in [3.8, 4) is 0 Å². The number of nitrogens with zero attached hydrogens (tertiary/aromatic N) is 3. The molecule has 2 aromatic rings. The number of carbonyl (C=O) groups excluding carboxylic acids is 1. The summed E-state index contributed by atoms with van der Waals surface area (Å²) in [5.74, 6) is 0.872. The Hall–Kier alpha value is -2.00. The number of anilines is 2. The third-order valence-electron chi connectivity index (χ3n) is 4.96. The van der Waals surface area contributed by atoms with Crippen molar-refractivity contribution in [3.05, 3.63) is 59.1 Å². The van der Waals surface area contributed by atoms with Gasteiger partial charge in [0.2, 0.25) is 5.91 Å². The standard InChI is InChI=1S/C22H28ClN5O.HI/c1-17(29)26-19-9-7-18(8-10-19)11-12-25-22(24-2)28-15-13-27(14-16-28)21-6-4-3-5-20(21)23;/h3-10H,11-16H2,1-2H3,(H,24,25)(H,26,29);1H. The minimum atomic E-state index is -0.0575. The zero-order valence-electron chi connectivity index (χ0n) is 17.4. The highest BCUT2D eigenvalue weighted by molar-refractivity contribution is 14.0. The number of guanidine groups is 1. The van der Waals surface area contributed by atoms with Crippen molar-refractivity contribution in [1.82, 2.24) is 10.2 Å². The number of nitrogens with one attached hydrogen (secondary N) is 2. The minimum Gasteiger partial charge on any atom is -0.367 e. The van der Waals surface area contributed by atoms with Crippen LogP contribution < -0.4 is 15.5 Å². The van der Waals surface area contributed by atoms with Crippen molar-refractivity contribution in [2.24, 2.45) is 4.99 Å². The Morgan fingerprint density at radius 2 is 1.73 bits per heavy atom. The van der Waals surface area contributed by atoms with Crippen molar-refractivity contribution < 1.29 is 4.79 Å². The number of piperazine rings is 1. The molecule has 1 aliphatic rings. The Kier molecular flexibility index (Phi) is 9.71. The fraction of sp³-hybridized carbons (Fsp3) is 0.364. The monoisotopic (exact) mass is 541 g/mol. The lowest BCUT2D eigenvalue weighted by Crippen LogP contribution is -2.52. The number of amides is 1. The lowest BCUT2D eigenvalue weighted by atomic mass is 10.1. The van der Waals surface area contributed by atoms with E-state index in [1.54, 1.807) is 0 Å². The van der Waals surface area contributed by atoms with Gasteiger partial charge in [-0.25, -0.2) is 0 Å². The zero-order chi connectivity index (χ0) is 20.6. The average Bonchev–Trinajstić information content (AvgIpc) is 2.73. The Labute approximate surface area is 200 Å². The molecule has 0 spiro atoms. The molecule has 2 aromatic carbocycles. The molecule has 0 aliphatic carbocycles. The first-order valence-corrected chi connectivity index (χ1v) is 10.3. The molecule has 0 unspecified atom stereocenters. The van der Waals surface area contributed by atoms with Gasteiger partial charge < -0.3 is 20.4 Å². The van der Waals surface area contributed by atoms with E-state index < -0.39 is 0 Å². The molecule has 0 radical (unpaired) electrons. The van der Waals surface area contributed by atoms with Gasteiger partial charge in [-0.1, -0.05) is 35.9 Å². The van der Waals surface area contributed by atoms with Gasteiger partial charge in [-0.05, 0) is 36.2 Å². The van der Waals surface area contributed by atoms with E-state index in [0.717, 1.165) is 61.5 Å². The summed E-state index contributed by atoms with van der Waals surface area (Å²) in [6.45, 7) is 5.94. The van der Waals surface area contributed by atoms with Crippen LogP contribution >= 0.6 is 35.6 Å². The molecule has 30 heavy (non-hydrogen) atoms. The predicted molar refractivity (Wildman–Crippen MR) is 136 cm³/mol. The van der Waals surface area contributed by atoms with Crippen LogP contribution in [0.3, 0.4) is 0 Å². The van der Waals surface area contributed by atoms with Gasteiger partial charge in [0, 0.05) is 52.4 Å². The summed E-state index contributed by atoms with van der Waals surface area (Å²) in [6.07, 6.45) is 0.888. The summed E-state index contributed by atoms with van der Waals surface area (Å²) >= 11 is 6.33. The number of hydrogen-bond donors (Lipinski definition) is 2. The quantitative estimate of drug-likeness (QED) is 0.343. The van der Waals surface area contributed by atoms with Crippen LogP contribution in [-0.2, 0) is 11.2 Å². The molecule has 6 nitrogen and oxygen atoms in total. The normalized spacial score (nSPS) is 14.2. The van der Waals surface area contributed by atoms with Gasteiger partial charge in [-0.3, -0.25) is 9.79 Å². The molecule has 0 saturated carbocycles. The minimum absolute atomic E-state index is 0. The summed E-state index contributed by atoms with van der Waals surface area (Å²) < 4.78 is 0. The van der Waals surface area contributed by atoms with Crippen molar-refractivity contribution >= 4 is 58.8 Å². The number of para-hydroxylation sites is 1. The van der Waals surface area contributed by atoms with Crippen LogP contribution in [0.2, 0.25) is 5.02 Å². The lowest BCUT2D eigenvalue weighted by molar-refractivity contribution is -0.114. The molecule has 1 aliphatic heterocycles. The maximum absolute atomic E-state index is 11.1. The van der Waals surface area contributed by atoms with Crippen LogP contribution in [0.25, 0.3) is 0 Å². The molecular weight excluding hydrogens is 513 g/mol. The van der Waals surface area contributed by atoms with Gasteiger partial charge in [-0.15, -0.1) is 24.0 Å². The van der Waals surface area contributed by atoms with Gasteiger partial charge in [0.25, 0.3) is 0 Å². The second kappa shape index (κ2) is 12.0. The third kappa shape index (κ3) is 6.77. The van der Waals surface area contributed by atoms with Crippen LogP contribution in [0.5, 0.6) is 0 Å². The molecule has 0 atom stereocenters. The summed E-state index contributed by atoms with van der Waals surface area (Å²) in [6, 6.07) is 15.9. The van der Waals surface area contributed by atoms with Crippen LogP contribution in [0.4, 0.5) is 11.4 Å². The van der Waals surface area contributed by atoms with Crippen LogP contribution in [0.15, 0.2) is 53.5 Å². The van der Waals surface area contributed by atoms with Crippen LogP contribution in [-0.4, -0.2) is 56.5 Å². The molecular formula is C22H29ClIN5O. The SMILES string of the molecule is CN=C(NCCc1ccc(NC(C)=O)cc1)N1CCN(c2ccccc2Cl)CC1.I. The largest absolute Gasteiger partial charge is 0.367 e. The van der Waals surface area contributed by atoms with E-state index in [2.05, 4.69) is 31.5 Å². The fourth-order valence-corrected chi connectivity index (χ4v) is 3.73. The average molecular weight is 542 g/mol. The molecule has 8 heteroatoms. The predicted octanol–water partition coefficient (Wildman–Crippen LogP) is 3.86. The molecule has 0 aromatic heterocycles. The maximum Gasteiger partial charge on any atom is 0.221 e. The Morgan fingerprint density at radius 1 is 1.07 bits per heavy atom. The van der Waals surface area contributed by atoms with Gasteiger partial charge in [0.05, 0.1) is 10.7 Å². The highest BCUT2D eigenvalue weighted by Crippen LogP contribution is 2.26. The van der Waals surface area contributed by atoms with E-state index in [0.29, 0.717) is 0 Å². The van der Waals surface area contributed by atoms with Crippen molar-refractivity contribution in [3.63, 3.8) is 0 Å². The molecule has 0 bridgehead atoms. The number of benzene rings is 2. The number of rotatable bonds is 5. The van der Waals surface area contributed by atoms with Crippen molar-refractivity contribution in [1.29, 1.82) is 0 Å². The van der Waals surface area contributed by atoms with E-state index in [-0.39, 0.29) is 29.9 Å². The van der Waals surface area contributed by atoms with E-state index in [9.17, 15) is 4.79 Å². The van der Waals surface area contributed by atoms with E-state index in [4.69, 9.17) is 11.6 Å². The van der Waals surface area contributed by atoms with Gasteiger partial charge in [-0.2, -0.15) is 0 Å². The first-order chi connectivity index (χ1) is 14.1. The second-order valence-electron chi connectivity index (χ2n) is 7.03. The van der Waals surface area contributed by atoms with Crippen molar-refractivity contribution in [2.75, 3.05) is 50.0 Å². The first-order valence-electron chi connectivity index (χ1n) is 9.88. The van der Waals surface area contributed by atoms with E-state index in [1.165, 1.54) is 12.5 Å². The Morgan fingerprint density at radius 3 is 2.33 bits per heavy atom. The second-order valence-corrected chi connectivity index (χ2v) is 7.43. The smallest absolute Gasteiger partial charge is 0.221 e. The highest BCUT2D eigenvalue weighted by atomic mass is 127. The number of carbonyl (C=O) groups is 1. The summed E-state index contributed by atoms with van der Waals surface area (Å²) in [5.41, 5.74) is 3.13. The van der Waals surface area contributed by atoms with E-state index in [1.807, 2.05) is 49.5 Å². The van der Waals surface area contributed by atoms with Gasteiger partial charge >= 0.3 is 0 Å². The molecule has 3 rings (SSSR count). The zero-order valence-corrected chi connectivity index (χ0v) is 20.5. The lowest BCUT2D eigenvalue weighted by Gasteiger charge is -2.38. The Bertz CT molecular complexity index is 851. The molecule has 1 heterocycles. The summed E-state index contributed by atoms with van der Waals surface area (Å²) in [4.78, 5) is 20.1. The van der Waals surface area contributed by atoms with Crippen LogP contribution in [0, 0.1) is 0 Å². The Balaban J connectivity index is 0.00000320. The molecule has 162 valence electrons. The molecule has 1 amide bonds. The summed E-state index contributed by atoms with van der Waals surface area (Å²) in [7, 11) is 1.82. The third-order valence-corrected chi connectivity index (χ3v) is 5.27. The number of halogens is 2. The first kappa shape index (κ1) is 24.3. The topological polar surface area (TPSA) is 60.0 Å². The molecule has 1 saturated heterocycles. The summed E-state index contributed by atoms with van der Waals surface area (Å²) in [5, 5.41) is 7.05. The highest BCUT2D eigenvalue weighted by Gasteiger charge is 2.20. The fourth-order valence-electron chi connectivity index (χ4n) is 3.48. The molecule has 2 N–H and O–H groups in total. The van der Waals surface area contributed by atoms with E-state index >= 15 is 0 Å². The van der Waals surface area contributed by atoms with Crippen LogP contribution in [0.1, 0.15) is 12.5 Å². The molecule has 1 fully saturated rings. The van der Waals surface area contributed by atoms with Crippen molar-refractivity contribution in [2.45, 2.75) is 13.3 Å². The number of hydrogen-bond acceptors (Lipinski definition) is 3.